The van der Waals surface area contributed by atoms with Gasteiger partial charge in [-0.1, -0.05) is 54.6 Å². The number of nitrogens with zero attached hydrogens (tertiary/aromatic N) is 1. The molecule has 276 valence electrons. The summed E-state index contributed by atoms with van der Waals surface area (Å²) in [6.45, 7) is 8.44. The van der Waals surface area contributed by atoms with Crippen LogP contribution < -0.4 is 16.0 Å². The lowest BCUT2D eigenvalue weighted by molar-refractivity contribution is -0.135. The normalized spacial score (nSPS) is 13.1. The first-order valence-corrected chi connectivity index (χ1v) is 17.7. The lowest BCUT2D eigenvalue weighted by atomic mass is 9.99. The number of nitrogens with one attached hydrogen (secondary N) is 6. The molecule has 6 N–H and O–H groups in total. The lowest BCUT2D eigenvalue weighted by Gasteiger charge is -2.36. The first-order valence-electron chi connectivity index (χ1n) is 17.7. The number of carbonyl (C=O) groups excluding carboxylic acids is 4. The molecule has 3 heterocycles. The van der Waals surface area contributed by atoms with Crippen molar-refractivity contribution in [1.29, 1.82) is 0 Å². The summed E-state index contributed by atoms with van der Waals surface area (Å²) in [5.41, 5.74) is 3.13. The Hall–Kier alpha value is -6.04. The molecule has 0 spiro atoms. The molecule has 53 heavy (non-hydrogen) atoms. The largest absolute Gasteiger partial charge is 0.444 e. The van der Waals surface area contributed by atoms with Crippen molar-refractivity contribution >= 4 is 56.5 Å². The van der Waals surface area contributed by atoms with Crippen molar-refractivity contribution < 1.29 is 23.9 Å². The molecule has 6 rings (SSSR count). The highest BCUT2D eigenvalue weighted by atomic mass is 16.6. The summed E-state index contributed by atoms with van der Waals surface area (Å²) in [4.78, 5) is 66.0. The van der Waals surface area contributed by atoms with Crippen LogP contribution in [0.1, 0.15) is 51.3 Å². The molecular weight excluding hydrogens is 670 g/mol. The second kappa shape index (κ2) is 14.9. The molecule has 3 aromatic carbocycles. The van der Waals surface area contributed by atoms with E-state index in [0.717, 1.165) is 49.4 Å². The number of benzene rings is 3. The standard InChI is InChI=1S/C41H47N7O5/c1-40(2,3)53-39(52)48(6)41(4,5)38(51)45-34(19-25-22-42-31-16-10-7-13-28(25)31)37(50)47-35(20-26-23-43-32-17-11-8-14-29(26)32)46-36(49)21-27-24-44-33-18-12-9-15-30(27)33/h7-18,22-24,34-35,42-44H,19-21H2,1-6H3,(H,45,51)(H,46,49)(H,47,50)/t34-,35-/m1/s1. The highest BCUT2D eigenvalue weighted by Gasteiger charge is 2.39. The van der Waals surface area contributed by atoms with E-state index in [1.54, 1.807) is 34.6 Å². The third-order valence-electron chi connectivity index (χ3n) is 9.56. The second-order valence-corrected chi connectivity index (χ2v) is 14.9. The van der Waals surface area contributed by atoms with Crippen LogP contribution in [0.25, 0.3) is 32.7 Å². The molecule has 0 fully saturated rings. The molecule has 6 aromatic rings. The third-order valence-corrected chi connectivity index (χ3v) is 9.56. The Balaban J connectivity index is 1.28. The third kappa shape index (κ3) is 8.38. The van der Waals surface area contributed by atoms with E-state index < -0.39 is 41.3 Å². The SMILES string of the molecule is CN(C(=O)OC(C)(C)C)C(C)(C)C(=O)N[C@H](Cc1c[nH]c2ccccc12)C(=O)N[C@H](Cc1c[nH]c2ccccc12)NC(=O)Cc1c[nH]c2ccccc12. The number of rotatable bonds is 12. The number of fused-ring (bicyclic) bond motifs is 3. The van der Waals surface area contributed by atoms with E-state index in [1.807, 2.05) is 91.4 Å². The number of H-pyrrole nitrogens is 3. The fraction of sp³-hybridized carbons (Fsp3) is 0.317. The fourth-order valence-corrected chi connectivity index (χ4v) is 6.40. The van der Waals surface area contributed by atoms with E-state index in [1.165, 1.54) is 11.9 Å². The zero-order chi connectivity index (χ0) is 37.9. The van der Waals surface area contributed by atoms with Gasteiger partial charge in [0.15, 0.2) is 0 Å². The molecule has 12 heteroatoms. The van der Waals surface area contributed by atoms with Gasteiger partial charge in [0.1, 0.15) is 23.3 Å². The van der Waals surface area contributed by atoms with Crippen molar-refractivity contribution in [2.75, 3.05) is 7.05 Å². The van der Waals surface area contributed by atoms with Crippen LogP contribution in [0, 0.1) is 0 Å². The van der Waals surface area contributed by atoms with E-state index in [4.69, 9.17) is 4.74 Å². The highest BCUT2D eigenvalue weighted by Crippen LogP contribution is 2.23. The Morgan fingerprint density at radius 2 is 1.13 bits per heavy atom. The maximum Gasteiger partial charge on any atom is 0.410 e. The number of carbonyl (C=O) groups is 4. The minimum Gasteiger partial charge on any atom is -0.444 e. The average Bonchev–Trinajstić information content (AvgIpc) is 3.84. The summed E-state index contributed by atoms with van der Waals surface area (Å²) in [6, 6.07) is 22.2. The molecule has 0 aliphatic heterocycles. The molecule has 3 aromatic heterocycles. The van der Waals surface area contributed by atoms with Crippen molar-refractivity contribution in [3.8, 4) is 0 Å². The average molecular weight is 718 g/mol. The number of amides is 4. The van der Waals surface area contributed by atoms with E-state index >= 15 is 0 Å². The minimum atomic E-state index is -1.39. The molecule has 0 aliphatic carbocycles. The Bertz CT molecular complexity index is 2270. The number of hydrogen-bond acceptors (Lipinski definition) is 5. The van der Waals surface area contributed by atoms with Gasteiger partial charge in [0.25, 0.3) is 0 Å². The fourth-order valence-electron chi connectivity index (χ4n) is 6.40. The molecule has 2 atom stereocenters. The van der Waals surface area contributed by atoms with E-state index in [-0.39, 0.29) is 25.2 Å². The maximum absolute atomic E-state index is 14.4. The zero-order valence-corrected chi connectivity index (χ0v) is 30.9. The van der Waals surface area contributed by atoms with Crippen LogP contribution in [-0.2, 0) is 38.4 Å². The van der Waals surface area contributed by atoms with Crippen LogP contribution in [-0.4, -0.2) is 74.1 Å². The van der Waals surface area contributed by atoms with Gasteiger partial charge in [0.05, 0.1) is 6.42 Å². The van der Waals surface area contributed by atoms with Gasteiger partial charge in [0, 0.05) is 71.2 Å². The Labute approximate surface area is 308 Å². The van der Waals surface area contributed by atoms with Crippen molar-refractivity contribution in [3.63, 3.8) is 0 Å². The monoisotopic (exact) mass is 717 g/mol. The smallest absolute Gasteiger partial charge is 0.410 e. The summed E-state index contributed by atoms with van der Waals surface area (Å²) in [5, 5.41) is 11.8. The van der Waals surface area contributed by atoms with E-state index in [2.05, 4.69) is 30.9 Å². The van der Waals surface area contributed by atoms with Crippen molar-refractivity contribution in [1.82, 2.24) is 35.8 Å². The van der Waals surface area contributed by atoms with Crippen molar-refractivity contribution in [3.05, 3.63) is 108 Å². The second-order valence-electron chi connectivity index (χ2n) is 14.9. The quantitative estimate of drug-likeness (QED) is 0.0874. The van der Waals surface area contributed by atoms with E-state index in [0.29, 0.717) is 0 Å². The Morgan fingerprint density at radius 3 is 1.66 bits per heavy atom. The molecule has 4 amide bonds. The minimum absolute atomic E-state index is 0.0883. The molecular formula is C41H47N7O5. The molecule has 0 saturated heterocycles. The van der Waals surface area contributed by atoms with Crippen LogP contribution in [0.3, 0.4) is 0 Å². The summed E-state index contributed by atoms with van der Waals surface area (Å²) in [6.07, 6.45) is 4.50. The number of ether oxygens (including phenoxy) is 1. The van der Waals surface area contributed by atoms with Crippen LogP contribution in [0.5, 0.6) is 0 Å². The summed E-state index contributed by atoms with van der Waals surface area (Å²) in [5.74, 6) is -1.34. The zero-order valence-electron chi connectivity index (χ0n) is 30.9. The molecule has 0 saturated carbocycles. The highest BCUT2D eigenvalue weighted by molar-refractivity contribution is 5.95. The van der Waals surface area contributed by atoms with Crippen LogP contribution in [0.4, 0.5) is 4.79 Å². The molecule has 12 nitrogen and oxygen atoms in total. The van der Waals surface area contributed by atoms with Gasteiger partial charge in [-0.05, 0) is 69.5 Å². The number of aromatic nitrogens is 3. The van der Waals surface area contributed by atoms with Crippen molar-refractivity contribution in [2.24, 2.45) is 0 Å². The predicted octanol–water partition coefficient (Wildman–Crippen LogP) is 5.85. The number of aromatic amines is 3. The predicted molar refractivity (Wildman–Crippen MR) is 206 cm³/mol. The van der Waals surface area contributed by atoms with Gasteiger partial charge in [-0.2, -0.15) is 0 Å². The molecule has 0 aliphatic rings. The maximum atomic E-state index is 14.4. The first kappa shape index (κ1) is 36.7. The summed E-state index contributed by atoms with van der Waals surface area (Å²) >= 11 is 0. The number of hydrogen-bond donors (Lipinski definition) is 6. The van der Waals surface area contributed by atoms with Gasteiger partial charge in [-0.3, -0.25) is 19.3 Å². The number of likely N-dealkylation sites (N-methyl/N-ethyl adjacent to an activating group) is 1. The van der Waals surface area contributed by atoms with Gasteiger partial charge >= 0.3 is 6.09 Å². The van der Waals surface area contributed by atoms with Crippen LogP contribution in [0.15, 0.2) is 91.4 Å². The lowest BCUT2D eigenvalue weighted by Crippen LogP contribution is -2.61. The molecule has 0 unspecified atom stereocenters. The Kier molecular flexibility index (Phi) is 10.3. The van der Waals surface area contributed by atoms with Crippen LogP contribution >= 0.6 is 0 Å². The number of para-hydroxylation sites is 3. The summed E-state index contributed by atoms with van der Waals surface area (Å²) in [7, 11) is 1.49. The first-order chi connectivity index (χ1) is 25.2. The topological polar surface area (TPSA) is 164 Å². The van der Waals surface area contributed by atoms with Gasteiger partial charge in [0.2, 0.25) is 17.7 Å². The van der Waals surface area contributed by atoms with Crippen LogP contribution in [0.2, 0.25) is 0 Å². The summed E-state index contributed by atoms with van der Waals surface area (Å²) < 4.78 is 5.53. The van der Waals surface area contributed by atoms with Gasteiger partial charge in [-0.25, -0.2) is 4.79 Å². The van der Waals surface area contributed by atoms with Gasteiger partial charge < -0.3 is 35.6 Å². The van der Waals surface area contributed by atoms with Gasteiger partial charge in [-0.15, -0.1) is 0 Å². The van der Waals surface area contributed by atoms with Crippen molar-refractivity contribution in [2.45, 2.75) is 77.2 Å². The van der Waals surface area contributed by atoms with E-state index in [9.17, 15) is 19.2 Å². The molecule has 0 radical (unpaired) electrons. The Morgan fingerprint density at radius 1 is 0.660 bits per heavy atom. The molecule has 0 bridgehead atoms.